The summed E-state index contributed by atoms with van der Waals surface area (Å²) in [5.74, 6) is 0.492. The minimum Gasteiger partial charge on any atom is -0.382 e. The first-order valence-electron chi connectivity index (χ1n) is 6.87. The van der Waals surface area contributed by atoms with Gasteiger partial charge >= 0.3 is 0 Å². The Morgan fingerprint density at radius 3 is 2.43 bits per heavy atom. The molecule has 0 saturated heterocycles. The lowest BCUT2D eigenvalue weighted by Gasteiger charge is -2.06. The molecule has 3 nitrogen and oxygen atoms in total. The molecule has 0 aliphatic rings. The van der Waals surface area contributed by atoms with Crippen molar-refractivity contribution in [3.8, 4) is 11.1 Å². The summed E-state index contributed by atoms with van der Waals surface area (Å²) in [4.78, 5) is 0. The second kappa shape index (κ2) is 6.02. The van der Waals surface area contributed by atoms with Gasteiger partial charge in [0.05, 0.1) is 0 Å². The molecule has 4 heteroatoms. The molecule has 0 spiro atoms. The van der Waals surface area contributed by atoms with Gasteiger partial charge in [-0.2, -0.15) is 5.10 Å². The molecular formula is C17H16ClN3. The zero-order chi connectivity index (χ0) is 14.7. The van der Waals surface area contributed by atoms with Crippen molar-refractivity contribution in [3.63, 3.8) is 0 Å². The molecule has 3 aromatic rings. The number of rotatable bonds is 4. The van der Waals surface area contributed by atoms with Crippen molar-refractivity contribution in [1.29, 1.82) is 0 Å². The molecule has 0 saturated carbocycles. The third-order valence-electron chi connectivity index (χ3n) is 3.52. The second-order valence-electron chi connectivity index (χ2n) is 4.93. The van der Waals surface area contributed by atoms with Crippen LogP contribution in [0.25, 0.3) is 11.1 Å². The van der Waals surface area contributed by atoms with Crippen LogP contribution in [0.5, 0.6) is 0 Å². The summed E-state index contributed by atoms with van der Waals surface area (Å²) >= 11 is 6.28. The number of aryl methyl sites for hydroxylation is 2. The Hall–Kier alpha value is -2.26. The van der Waals surface area contributed by atoms with Crippen LogP contribution in [0.1, 0.15) is 11.3 Å². The highest BCUT2D eigenvalue weighted by molar-refractivity contribution is 6.33. The van der Waals surface area contributed by atoms with E-state index in [0.717, 1.165) is 29.7 Å². The molecule has 0 bridgehead atoms. The minimum absolute atomic E-state index is 0.492. The van der Waals surface area contributed by atoms with Gasteiger partial charge in [0.25, 0.3) is 0 Å². The SMILES string of the molecule is Nc1n[nH]c(CCc2ccccc2)c1-c1ccccc1Cl. The van der Waals surface area contributed by atoms with Gasteiger partial charge < -0.3 is 5.73 Å². The first-order valence-corrected chi connectivity index (χ1v) is 7.25. The van der Waals surface area contributed by atoms with E-state index in [9.17, 15) is 0 Å². The largest absolute Gasteiger partial charge is 0.382 e. The van der Waals surface area contributed by atoms with Crippen molar-refractivity contribution in [2.75, 3.05) is 5.73 Å². The summed E-state index contributed by atoms with van der Waals surface area (Å²) < 4.78 is 0. The normalized spacial score (nSPS) is 10.7. The smallest absolute Gasteiger partial charge is 0.153 e. The summed E-state index contributed by atoms with van der Waals surface area (Å²) in [6.45, 7) is 0. The Morgan fingerprint density at radius 1 is 0.952 bits per heavy atom. The maximum atomic E-state index is 6.28. The Balaban J connectivity index is 1.89. The van der Waals surface area contributed by atoms with E-state index in [1.54, 1.807) is 0 Å². The van der Waals surface area contributed by atoms with Gasteiger partial charge in [-0.1, -0.05) is 60.1 Å². The standard InChI is InChI=1S/C17H16ClN3/c18-14-9-5-4-8-13(14)16-15(20-21-17(16)19)11-10-12-6-2-1-3-7-12/h1-9H,10-11H2,(H3,19,20,21). The number of aromatic amines is 1. The molecule has 0 amide bonds. The van der Waals surface area contributed by atoms with Gasteiger partial charge in [0.15, 0.2) is 5.82 Å². The predicted octanol–water partition coefficient (Wildman–Crippen LogP) is 4.10. The van der Waals surface area contributed by atoms with Gasteiger partial charge in [-0.05, 0) is 24.5 Å². The number of benzene rings is 2. The van der Waals surface area contributed by atoms with Gasteiger partial charge in [0, 0.05) is 21.8 Å². The van der Waals surface area contributed by atoms with E-state index in [4.69, 9.17) is 17.3 Å². The number of nitrogens with zero attached hydrogens (tertiary/aromatic N) is 1. The van der Waals surface area contributed by atoms with E-state index in [1.165, 1.54) is 5.56 Å². The van der Waals surface area contributed by atoms with E-state index in [0.29, 0.717) is 10.8 Å². The Labute approximate surface area is 128 Å². The van der Waals surface area contributed by atoms with Gasteiger partial charge in [-0.15, -0.1) is 0 Å². The fourth-order valence-corrected chi connectivity index (χ4v) is 2.68. The number of nitrogens with one attached hydrogen (secondary N) is 1. The molecule has 1 heterocycles. The van der Waals surface area contributed by atoms with Crippen molar-refractivity contribution >= 4 is 17.4 Å². The highest BCUT2D eigenvalue weighted by atomic mass is 35.5. The summed E-state index contributed by atoms with van der Waals surface area (Å²) in [5.41, 5.74) is 10.2. The number of hydrogen-bond acceptors (Lipinski definition) is 2. The highest BCUT2D eigenvalue weighted by Crippen LogP contribution is 2.33. The van der Waals surface area contributed by atoms with E-state index >= 15 is 0 Å². The summed E-state index contributed by atoms with van der Waals surface area (Å²) in [7, 11) is 0. The zero-order valence-electron chi connectivity index (χ0n) is 11.5. The predicted molar refractivity (Wildman–Crippen MR) is 87.3 cm³/mol. The molecule has 3 N–H and O–H groups in total. The van der Waals surface area contributed by atoms with Crippen LogP contribution in [0.3, 0.4) is 0 Å². The quantitative estimate of drug-likeness (QED) is 0.762. The number of H-pyrrole nitrogens is 1. The first kappa shape index (κ1) is 13.7. The van der Waals surface area contributed by atoms with Crippen molar-refractivity contribution in [1.82, 2.24) is 10.2 Å². The Morgan fingerprint density at radius 2 is 1.67 bits per heavy atom. The van der Waals surface area contributed by atoms with Crippen molar-refractivity contribution in [2.24, 2.45) is 0 Å². The van der Waals surface area contributed by atoms with E-state index in [1.807, 2.05) is 42.5 Å². The van der Waals surface area contributed by atoms with Crippen LogP contribution in [0.4, 0.5) is 5.82 Å². The van der Waals surface area contributed by atoms with Crippen LogP contribution in [0.15, 0.2) is 54.6 Å². The third kappa shape index (κ3) is 2.93. The maximum Gasteiger partial charge on any atom is 0.153 e. The zero-order valence-corrected chi connectivity index (χ0v) is 12.3. The van der Waals surface area contributed by atoms with Gasteiger partial charge in [-0.3, -0.25) is 5.10 Å². The Bertz CT molecular complexity index is 735. The lowest BCUT2D eigenvalue weighted by Crippen LogP contribution is -1.95. The molecule has 0 radical (unpaired) electrons. The fraction of sp³-hybridized carbons (Fsp3) is 0.118. The number of anilines is 1. The number of halogens is 1. The molecule has 0 atom stereocenters. The fourth-order valence-electron chi connectivity index (χ4n) is 2.45. The van der Waals surface area contributed by atoms with Gasteiger partial charge in [-0.25, -0.2) is 0 Å². The van der Waals surface area contributed by atoms with Crippen molar-refractivity contribution in [2.45, 2.75) is 12.8 Å². The van der Waals surface area contributed by atoms with E-state index in [2.05, 4.69) is 22.3 Å². The molecule has 1 aromatic heterocycles. The molecular weight excluding hydrogens is 282 g/mol. The summed E-state index contributed by atoms with van der Waals surface area (Å²) in [6, 6.07) is 18.0. The average molecular weight is 298 g/mol. The number of nitrogens with two attached hydrogens (primary N) is 1. The van der Waals surface area contributed by atoms with Crippen LogP contribution in [-0.2, 0) is 12.8 Å². The van der Waals surface area contributed by atoms with Crippen LogP contribution < -0.4 is 5.73 Å². The van der Waals surface area contributed by atoms with Gasteiger partial charge in [0.1, 0.15) is 0 Å². The molecule has 2 aromatic carbocycles. The maximum absolute atomic E-state index is 6.28. The van der Waals surface area contributed by atoms with Crippen molar-refractivity contribution in [3.05, 3.63) is 70.9 Å². The van der Waals surface area contributed by atoms with Crippen molar-refractivity contribution < 1.29 is 0 Å². The monoisotopic (exact) mass is 297 g/mol. The van der Waals surface area contributed by atoms with Crippen LogP contribution in [0, 0.1) is 0 Å². The van der Waals surface area contributed by atoms with Crippen LogP contribution in [0.2, 0.25) is 5.02 Å². The molecule has 21 heavy (non-hydrogen) atoms. The van der Waals surface area contributed by atoms with E-state index in [-0.39, 0.29) is 0 Å². The highest BCUT2D eigenvalue weighted by Gasteiger charge is 2.15. The summed E-state index contributed by atoms with van der Waals surface area (Å²) in [6.07, 6.45) is 1.77. The molecule has 106 valence electrons. The lowest BCUT2D eigenvalue weighted by atomic mass is 10.0. The van der Waals surface area contributed by atoms with Gasteiger partial charge in [0.2, 0.25) is 0 Å². The number of hydrogen-bond donors (Lipinski definition) is 2. The van der Waals surface area contributed by atoms with Crippen LogP contribution >= 0.6 is 11.6 Å². The number of nitrogen functional groups attached to an aromatic ring is 1. The average Bonchev–Trinajstić information content (AvgIpc) is 2.88. The number of aromatic nitrogens is 2. The Kier molecular flexibility index (Phi) is 3.93. The molecule has 3 rings (SSSR count). The van der Waals surface area contributed by atoms with Crippen LogP contribution in [-0.4, -0.2) is 10.2 Å². The minimum atomic E-state index is 0.492. The summed E-state index contributed by atoms with van der Waals surface area (Å²) in [5, 5.41) is 7.86. The second-order valence-corrected chi connectivity index (χ2v) is 5.34. The molecule has 0 fully saturated rings. The molecule has 0 unspecified atom stereocenters. The first-order chi connectivity index (χ1) is 10.3. The topological polar surface area (TPSA) is 54.7 Å². The molecule has 0 aliphatic heterocycles. The third-order valence-corrected chi connectivity index (χ3v) is 3.85. The molecule has 0 aliphatic carbocycles. The van der Waals surface area contributed by atoms with E-state index < -0.39 is 0 Å². The lowest BCUT2D eigenvalue weighted by molar-refractivity contribution is 0.895.